The van der Waals surface area contributed by atoms with Gasteiger partial charge in [-0.15, -0.1) is 0 Å². The van der Waals surface area contributed by atoms with Gasteiger partial charge in [-0.05, 0) is 45.4 Å². The Morgan fingerprint density at radius 2 is 2.27 bits per heavy atom. The van der Waals surface area contributed by atoms with E-state index in [-0.39, 0.29) is 0 Å². The average Bonchev–Trinajstić information content (AvgIpc) is 2.23. The zero-order valence-corrected chi connectivity index (χ0v) is 10.4. The second-order valence-electron chi connectivity index (χ2n) is 4.33. The Kier molecular flexibility index (Phi) is 4.82. The molecule has 1 aliphatic rings. The molecule has 1 rings (SSSR count). The predicted octanol–water partition coefficient (Wildman–Crippen LogP) is 2.86. The number of hydrogen-bond acceptors (Lipinski definition) is 2. The normalized spacial score (nSPS) is 22.8. The van der Waals surface area contributed by atoms with Gasteiger partial charge in [0.2, 0.25) is 0 Å². The lowest BCUT2D eigenvalue weighted by Gasteiger charge is -2.25. The molecule has 0 heterocycles. The summed E-state index contributed by atoms with van der Waals surface area (Å²) in [7, 11) is 0. The molecular weight excluding hydrogens is 204 g/mol. The van der Waals surface area contributed by atoms with Crippen LogP contribution < -0.4 is 11.1 Å². The molecule has 3 heteroatoms. The first-order valence-corrected chi connectivity index (χ1v) is 5.90. The maximum Gasteiger partial charge on any atom is 0.0656 e. The number of nitrogens with one attached hydrogen (secondary N) is 1. The molecule has 0 aromatic rings. The van der Waals surface area contributed by atoms with Gasteiger partial charge in [-0.2, -0.15) is 0 Å². The molecular formula is C12H20N2S. The molecule has 0 aromatic heterocycles. The van der Waals surface area contributed by atoms with Crippen LogP contribution in [0.4, 0.5) is 0 Å². The van der Waals surface area contributed by atoms with Gasteiger partial charge < -0.3 is 11.1 Å². The fourth-order valence-corrected chi connectivity index (χ4v) is 2.23. The summed E-state index contributed by atoms with van der Waals surface area (Å²) in [6.07, 6.45) is 6.32. The lowest BCUT2D eigenvalue weighted by atomic mass is 9.83. The molecule has 0 aliphatic heterocycles. The summed E-state index contributed by atoms with van der Waals surface area (Å²) in [6, 6.07) is 0. The largest absolute Gasteiger partial charge is 0.403 e. The first-order valence-electron chi connectivity index (χ1n) is 5.43. The van der Waals surface area contributed by atoms with Gasteiger partial charge in [0.15, 0.2) is 0 Å². The summed E-state index contributed by atoms with van der Waals surface area (Å²) in [5.41, 5.74) is 11.2. The Bertz CT molecular complexity index is 292. The van der Waals surface area contributed by atoms with Crippen molar-refractivity contribution in [3.05, 3.63) is 23.0 Å². The fourth-order valence-electron chi connectivity index (χ4n) is 2.08. The average molecular weight is 224 g/mol. The first-order chi connectivity index (χ1) is 7.17. The van der Waals surface area contributed by atoms with Crippen molar-refractivity contribution in [2.75, 3.05) is 0 Å². The van der Waals surface area contributed by atoms with Gasteiger partial charge in [0, 0.05) is 11.9 Å². The van der Waals surface area contributed by atoms with E-state index < -0.39 is 0 Å². The topological polar surface area (TPSA) is 38.0 Å². The highest BCUT2D eigenvalue weighted by Gasteiger charge is 2.17. The molecule has 0 saturated heterocycles. The lowest BCUT2D eigenvalue weighted by Crippen LogP contribution is -2.17. The SMILES string of the molecule is CC1=C(C)CC(C/C(=C/N)NC=S)CC1. The van der Waals surface area contributed by atoms with Crippen LogP contribution in [0.2, 0.25) is 0 Å². The molecule has 3 N–H and O–H groups in total. The Labute approximate surface area is 97.6 Å². The van der Waals surface area contributed by atoms with E-state index in [1.165, 1.54) is 24.8 Å². The van der Waals surface area contributed by atoms with Gasteiger partial charge >= 0.3 is 0 Å². The van der Waals surface area contributed by atoms with Crippen LogP contribution in [-0.4, -0.2) is 5.49 Å². The van der Waals surface area contributed by atoms with Crippen LogP contribution >= 0.6 is 12.2 Å². The van der Waals surface area contributed by atoms with Crippen LogP contribution in [0.25, 0.3) is 0 Å². The second-order valence-corrected chi connectivity index (χ2v) is 4.56. The minimum atomic E-state index is 0.714. The van der Waals surface area contributed by atoms with E-state index in [4.69, 9.17) is 18.0 Å². The number of hydrogen-bond donors (Lipinski definition) is 2. The summed E-state index contributed by atoms with van der Waals surface area (Å²) in [4.78, 5) is 0. The van der Waals surface area contributed by atoms with E-state index in [2.05, 4.69) is 19.2 Å². The van der Waals surface area contributed by atoms with Crippen LogP contribution in [-0.2, 0) is 0 Å². The summed E-state index contributed by atoms with van der Waals surface area (Å²) >= 11 is 4.76. The van der Waals surface area contributed by atoms with Gasteiger partial charge in [0.25, 0.3) is 0 Å². The predicted molar refractivity (Wildman–Crippen MR) is 69.4 cm³/mol. The molecule has 1 unspecified atom stereocenters. The van der Waals surface area contributed by atoms with Gasteiger partial charge in [-0.3, -0.25) is 0 Å². The summed E-state index contributed by atoms with van der Waals surface area (Å²) < 4.78 is 0. The second kappa shape index (κ2) is 5.91. The molecule has 0 aromatic carbocycles. The molecule has 1 aliphatic carbocycles. The maximum absolute atomic E-state index is 5.54. The quantitative estimate of drug-likeness (QED) is 0.569. The molecule has 0 amide bonds. The van der Waals surface area contributed by atoms with Crippen molar-refractivity contribution in [3.63, 3.8) is 0 Å². The van der Waals surface area contributed by atoms with Crippen molar-refractivity contribution in [2.45, 2.75) is 39.5 Å². The summed E-state index contributed by atoms with van der Waals surface area (Å²) in [5.74, 6) is 0.714. The van der Waals surface area contributed by atoms with Crippen molar-refractivity contribution < 1.29 is 0 Å². The van der Waals surface area contributed by atoms with Crippen LogP contribution in [0.15, 0.2) is 23.0 Å². The Hall–Kier alpha value is -0.830. The number of nitrogens with two attached hydrogens (primary N) is 1. The van der Waals surface area contributed by atoms with E-state index in [1.807, 2.05) is 0 Å². The minimum absolute atomic E-state index is 0.714. The third-order valence-corrected chi connectivity index (χ3v) is 3.32. The third-order valence-electron chi connectivity index (χ3n) is 3.21. The smallest absolute Gasteiger partial charge is 0.0656 e. The van der Waals surface area contributed by atoms with Crippen molar-refractivity contribution in [1.29, 1.82) is 0 Å². The molecule has 0 spiro atoms. The highest BCUT2D eigenvalue weighted by atomic mass is 32.1. The molecule has 0 fully saturated rings. The van der Waals surface area contributed by atoms with Gasteiger partial charge in [0.1, 0.15) is 0 Å². The van der Waals surface area contributed by atoms with E-state index in [0.717, 1.165) is 12.1 Å². The van der Waals surface area contributed by atoms with E-state index in [9.17, 15) is 0 Å². The molecule has 1 atom stereocenters. The van der Waals surface area contributed by atoms with Crippen molar-refractivity contribution in [1.82, 2.24) is 5.32 Å². The Morgan fingerprint density at radius 3 is 2.80 bits per heavy atom. The van der Waals surface area contributed by atoms with Gasteiger partial charge in [0.05, 0.1) is 5.49 Å². The monoisotopic (exact) mass is 224 g/mol. The molecule has 0 saturated carbocycles. The maximum atomic E-state index is 5.54. The first kappa shape index (κ1) is 12.2. The van der Waals surface area contributed by atoms with E-state index in [0.29, 0.717) is 5.92 Å². The third kappa shape index (κ3) is 3.67. The number of rotatable bonds is 4. The van der Waals surface area contributed by atoms with Crippen molar-refractivity contribution in [3.8, 4) is 0 Å². The number of allylic oxidation sites excluding steroid dienone is 3. The molecule has 2 nitrogen and oxygen atoms in total. The van der Waals surface area contributed by atoms with Crippen LogP contribution in [0.5, 0.6) is 0 Å². The van der Waals surface area contributed by atoms with Crippen molar-refractivity contribution in [2.24, 2.45) is 11.7 Å². The molecule has 0 bridgehead atoms. The van der Waals surface area contributed by atoms with Gasteiger partial charge in [-0.1, -0.05) is 23.4 Å². The zero-order chi connectivity index (χ0) is 11.3. The van der Waals surface area contributed by atoms with Crippen LogP contribution in [0.3, 0.4) is 0 Å². The summed E-state index contributed by atoms with van der Waals surface area (Å²) in [5, 5.41) is 3.02. The molecule has 84 valence electrons. The minimum Gasteiger partial charge on any atom is -0.403 e. The number of thiocarbonyl (C=S) groups is 1. The van der Waals surface area contributed by atoms with E-state index in [1.54, 1.807) is 17.3 Å². The fraction of sp³-hybridized carbons (Fsp3) is 0.583. The molecule has 15 heavy (non-hydrogen) atoms. The highest BCUT2D eigenvalue weighted by Crippen LogP contribution is 2.32. The van der Waals surface area contributed by atoms with Crippen LogP contribution in [0, 0.1) is 5.92 Å². The highest BCUT2D eigenvalue weighted by molar-refractivity contribution is 7.78. The standard InChI is InChI=1S/C12H20N2S/c1-9-3-4-11(5-10(9)2)6-12(7-13)14-8-15/h7-8,11H,3-6,13H2,1-2H3,(H,14,15)/b12-7-. The Balaban J connectivity index is 2.51. The lowest BCUT2D eigenvalue weighted by molar-refractivity contribution is 0.446. The Morgan fingerprint density at radius 1 is 1.53 bits per heavy atom. The van der Waals surface area contributed by atoms with Gasteiger partial charge in [-0.25, -0.2) is 0 Å². The zero-order valence-electron chi connectivity index (χ0n) is 9.55. The molecule has 0 radical (unpaired) electrons. The van der Waals surface area contributed by atoms with Crippen LogP contribution in [0.1, 0.15) is 39.5 Å². The van der Waals surface area contributed by atoms with E-state index >= 15 is 0 Å². The van der Waals surface area contributed by atoms with Crippen molar-refractivity contribution >= 4 is 17.7 Å². The summed E-state index contributed by atoms with van der Waals surface area (Å²) in [6.45, 7) is 4.47.